The van der Waals surface area contributed by atoms with E-state index in [0.717, 1.165) is 39.3 Å². The maximum atomic E-state index is 11.9. The number of aliphatic hydroxyl groups excluding tert-OH is 2. The van der Waals surface area contributed by atoms with E-state index in [1.165, 1.54) is 33.1 Å². The van der Waals surface area contributed by atoms with Crippen molar-refractivity contribution in [2.24, 2.45) is 5.41 Å². The molecule has 8 nitrogen and oxygen atoms in total. The third-order valence-electron chi connectivity index (χ3n) is 6.61. The first kappa shape index (κ1) is 21.5. The number of aliphatic hydroxyl groups is 2. The molecule has 3 fully saturated rings. The maximum absolute atomic E-state index is 11.9. The Hall–Kier alpha value is -1.22. The van der Waals surface area contributed by atoms with Crippen LogP contribution < -0.4 is 0 Å². The van der Waals surface area contributed by atoms with Crippen LogP contribution >= 0.6 is 0 Å². The van der Waals surface area contributed by atoms with Crippen molar-refractivity contribution in [2.45, 2.75) is 45.3 Å². The van der Waals surface area contributed by atoms with E-state index in [1.807, 2.05) is 0 Å². The third kappa shape index (κ3) is 5.03. The standard InChI is InChI=1S/C20H36N4O4/c1-16(25)18(27)23-10-6-21(7-11-23)14-20(4-3-5-20)15-22-8-12-24(13-9-22)19(28)17(2)26/h16-17,25-26H,3-15H2,1-2H3. The summed E-state index contributed by atoms with van der Waals surface area (Å²) < 4.78 is 0. The van der Waals surface area contributed by atoms with Crippen molar-refractivity contribution >= 4 is 11.8 Å². The van der Waals surface area contributed by atoms with Crippen molar-refractivity contribution in [3.63, 3.8) is 0 Å². The number of nitrogens with zero attached hydrogens (tertiary/aromatic N) is 4. The summed E-state index contributed by atoms with van der Waals surface area (Å²) in [7, 11) is 0. The van der Waals surface area contributed by atoms with Crippen molar-refractivity contribution < 1.29 is 19.8 Å². The van der Waals surface area contributed by atoms with Gasteiger partial charge in [-0.3, -0.25) is 19.4 Å². The summed E-state index contributed by atoms with van der Waals surface area (Å²) in [6, 6.07) is 0. The fraction of sp³-hybridized carbons (Fsp3) is 0.900. The fourth-order valence-electron chi connectivity index (χ4n) is 4.77. The first-order valence-electron chi connectivity index (χ1n) is 10.7. The molecule has 0 aromatic heterocycles. The Morgan fingerprint density at radius 2 is 1.11 bits per heavy atom. The molecule has 0 radical (unpaired) electrons. The minimum Gasteiger partial charge on any atom is -0.384 e. The van der Waals surface area contributed by atoms with Gasteiger partial charge in [-0.05, 0) is 32.1 Å². The molecule has 28 heavy (non-hydrogen) atoms. The number of carbonyl (C=O) groups excluding carboxylic acids is 2. The number of hydrogen-bond donors (Lipinski definition) is 2. The molecule has 3 aliphatic rings. The van der Waals surface area contributed by atoms with E-state index < -0.39 is 12.2 Å². The minimum absolute atomic E-state index is 0.164. The van der Waals surface area contributed by atoms with Crippen LogP contribution in [-0.4, -0.2) is 119 Å². The van der Waals surface area contributed by atoms with E-state index in [2.05, 4.69) is 9.80 Å². The first-order valence-corrected chi connectivity index (χ1v) is 10.7. The highest BCUT2D eigenvalue weighted by Crippen LogP contribution is 2.42. The Morgan fingerprint density at radius 3 is 1.36 bits per heavy atom. The molecule has 160 valence electrons. The summed E-state index contributed by atoms with van der Waals surface area (Å²) in [5, 5.41) is 19.0. The van der Waals surface area contributed by atoms with E-state index in [0.29, 0.717) is 31.6 Å². The van der Waals surface area contributed by atoms with Gasteiger partial charge in [-0.1, -0.05) is 6.42 Å². The van der Waals surface area contributed by atoms with Crippen LogP contribution in [0.3, 0.4) is 0 Å². The molecule has 0 bridgehead atoms. The van der Waals surface area contributed by atoms with Crippen molar-refractivity contribution in [1.29, 1.82) is 0 Å². The van der Waals surface area contributed by atoms with Gasteiger partial charge >= 0.3 is 0 Å². The van der Waals surface area contributed by atoms with E-state index in [9.17, 15) is 19.8 Å². The Kier molecular flexibility index (Phi) is 6.96. The predicted molar refractivity (Wildman–Crippen MR) is 106 cm³/mol. The summed E-state index contributed by atoms with van der Waals surface area (Å²) in [6.07, 6.45) is 1.94. The van der Waals surface area contributed by atoms with Gasteiger partial charge in [0.1, 0.15) is 12.2 Å². The molecule has 1 aliphatic carbocycles. The molecule has 2 aliphatic heterocycles. The van der Waals surface area contributed by atoms with Crippen molar-refractivity contribution in [2.75, 3.05) is 65.4 Å². The molecule has 2 N–H and O–H groups in total. The molecule has 0 aromatic carbocycles. The zero-order valence-electron chi connectivity index (χ0n) is 17.3. The van der Waals surface area contributed by atoms with Crippen LogP contribution in [0.1, 0.15) is 33.1 Å². The second kappa shape index (κ2) is 9.07. The summed E-state index contributed by atoms with van der Waals surface area (Å²) in [5.41, 5.74) is 0.326. The van der Waals surface area contributed by atoms with Crippen molar-refractivity contribution in [3.05, 3.63) is 0 Å². The molecule has 8 heteroatoms. The third-order valence-corrected chi connectivity index (χ3v) is 6.61. The lowest BCUT2D eigenvalue weighted by molar-refractivity contribution is -0.141. The number of amides is 2. The zero-order valence-corrected chi connectivity index (χ0v) is 17.3. The van der Waals surface area contributed by atoms with Gasteiger partial charge in [0.15, 0.2) is 0 Å². The molecule has 2 amide bonds. The summed E-state index contributed by atoms with van der Waals surface area (Å²) in [4.78, 5) is 32.4. The van der Waals surface area contributed by atoms with Crippen LogP contribution in [0.2, 0.25) is 0 Å². The summed E-state index contributed by atoms with van der Waals surface area (Å²) in [5.74, 6) is -0.328. The minimum atomic E-state index is -0.913. The monoisotopic (exact) mass is 396 g/mol. The van der Waals surface area contributed by atoms with Crippen LogP contribution in [0, 0.1) is 5.41 Å². The molecule has 2 unspecified atom stereocenters. The molecule has 1 saturated carbocycles. The average Bonchev–Trinajstić information content (AvgIpc) is 2.66. The highest BCUT2D eigenvalue weighted by atomic mass is 16.3. The highest BCUT2D eigenvalue weighted by molar-refractivity contribution is 5.80. The molecular weight excluding hydrogens is 360 g/mol. The molecule has 0 aromatic rings. The number of hydrogen-bond acceptors (Lipinski definition) is 6. The smallest absolute Gasteiger partial charge is 0.251 e. The lowest BCUT2D eigenvalue weighted by Gasteiger charge is -2.50. The quantitative estimate of drug-likeness (QED) is 0.612. The Labute approximate surface area is 168 Å². The Balaban J connectivity index is 1.45. The van der Waals surface area contributed by atoms with Gasteiger partial charge in [-0.15, -0.1) is 0 Å². The fourth-order valence-corrected chi connectivity index (χ4v) is 4.77. The molecular formula is C20H36N4O4. The van der Waals surface area contributed by atoms with Crippen LogP contribution in [0.5, 0.6) is 0 Å². The average molecular weight is 397 g/mol. The van der Waals surface area contributed by atoms with Crippen LogP contribution in [-0.2, 0) is 9.59 Å². The van der Waals surface area contributed by atoms with Crippen LogP contribution in [0.25, 0.3) is 0 Å². The van der Waals surface area contributed by atoms with Gasteiger partial charge in [0.05, 0.1) is 0 Å². The van der Waals surface area contributed by atoms with Crippen molar-refractivity contribution in [3.8, 4) is 0 Å². The van der Waals surface area contributed by atoms with Gasteiger partial charge in [-0.2, -0.15) is 0 Å². The maximum Gasteiger partial charge on any atom is 0.251 e. The largest absolute Gasteiger partial charge is 0.384 e. The van der Waals surface area contributed by atoms with E-state index in [1.54, 1.807) is 9.80 Å². The van der Waals surface area contributed by atoms with E-state index in [-0.39, 0.29) is 11.8 Å². The van der Waals surface area contributed by atoms with Gasteiger partial charge in [0, 0.05) is 65.4 Å². The van der Waals surface area contributed by atoms with Gasteiger partial charge in [0.2, 0.25) is 0 Å². The van der Waals surface area contributed by atoms with E-state index in [4.69, 9.17) is 0 Å². The number of piperazine rings is 2. The van der Waals surface area contributed by atoms with E-state index >= 15 is 0 Å². The van der Waals surface area contributed by atoms with Crippen LogP contribution in [0.4, 0.5) is 0 Å². The Morgan fingerprint density at radius 1 is 0.750 bits per heavy atom. The SMILES string of the molecule is CC(O)C(=O)N1CCN(CC2(CN3CCN(C(=O)C(C)O)CC3)CCC2)CC1. The van der Waals surface area contributed by atoms with Gasteiger partial charge in [0.25, 0.3) is 11.8 Å². The molecule has 0 spiro atoms. The molecule has 2 atom stereocenters. The normalized spacial score (nSPS) is 25.9. The van der Waals surface area contributed by atoms with Crippen LogP contribution in [0.15, 0.2) is 0 Å². The molecule has 3 rings (SSSR count). The second-order valence-electron chi connectivity index (χ2n) is 8.91. The number of rotatable bonds is 6. The Bertz CT molecular complexity index is 504. The highest BCUT2D eigenvalue weighted by Gasteiger charge is 2.41. The molecule has 2 heterocycles. The second-order valence-corrected chi connectivity index (χ2v) is 8.91. The lowest BCUT2D eigenvalue weighted by Crippen LogP contribution is -2.58. The zero-order chi connectivity index (χ0) is 20.3. The lowest BCUT2D eigenvalue weighted by atomic mass is 9.68. The molecule has 2 saturated heterocycles. The van der Waals surface area contributed by atoms with Gasteiger partial charge in [-0.25, -0.2) is 0 Å². The predicted octanol–water partition coefficient (Wildman–Crippen LogP) is -0.793. The first-order chi connectivity index (χ1) is 13.3. The number of carbonyl (C=O) groups is 2. The van der Waals surface area contributed by atoms with Crippen molar-refractivity contribution in [1.82, 2.24) is 19.6 Å². The van der Waals surface area contributed by atoms with Gasteiger partial charge < -0.3 is 20.0 Å². The summed E-state index contributed by atoms with van der Waals surface area (Å²) in [6.45, 7) is 11.5. The topological polar surface area (TPSA) is 87.6 Å². The summed E-state index contributed by atoms with van der Waals surface area (Å²) >= 11 is 0.